The van der Waals surface area contributed by atoms with Gasteiger partial charge in [-0.15, -0.1) is 0 Å². The van der Waals surface area contributed by atoms with Crippen LogP contribution in [0.2, 0.25) is 0 Å². The van der Waals surface area contributed by atoms with Gasteiger partial charge in [0, 0.05) is 44.2 Å². The molecular weight excluding hydrogens is 418 g/mol. The Kier molecular flexibility index (Phi) is 8.22. The summed E-state index contributed by atoms with van der Waals surface area (Å²) in [7, 11) is 0. The number of aryl methyl sites for hydroxylation is 2. The minimum Gasteiger partial charge on any atom is -0.480 e. The number of hydrogen-bond donors (Lipinski definition) is 2. The van der Waals surface area contributed by atoms with Gasteiger partial charge in [0.05, 0.1) is 0 Å². The molecule has 1 aliphatic heterocycles. The van der Waals surface area contributed by atoms with E-state index in [2.05, 4.69) is 49.2 Å². The van der Waals surface area contributed by atoms with Gasteiger partial charge in [0.1, 0.15) is 6.04 Å². The SMILES string of the molecule is Cc1ccc(C(C)N2CCN(C(=O)CC[C@H](NC(=O)c3ccccc3)C(=O)O)CC2)cc1C. The van der Waals surface area contributed by atoms with Crippen molar-refractivity contribution in [3.63, 3.8) is 0 Å². The minimum absolute atomic E-state index is 0.0615. The molecule has 1 saturated heterocycles. The van der Waals surface area contributed by atoms with E-state index in [4.69, 9.17) is 0 Å². The zero-order chi connectivity index (χ0) is 24.0. The lowest BCUT2D eigenvalue weighted by Crippen LogP contribution is -2.49. The number of benzene rings is 2. The number of amides is 2. The zero-order valence-electron chi connectivity index (χ0n) is 19.6. The molecule has 0 spiro atoms. The minimum atomic E-state index is -1.14. The second-order valence-electron chi connectivity index (χ2n) is 8.71. The Morgan fingerprint density at radius 1 is 0.970 bits per heavy atom. The highest BCUT2D eigenvalue weighted by atomic mass is 16.4. The lowest BCUT2D eigenvalue weighted by molar-refractivity contribution is -0.140. The van der Waals surface area contributed by atoms with Crippen molar-refractivity contribution in [2.45, 2.75) is 45.7 Å². The van der Waals surface area contributed by atoms with E-state index in [-0.39, 0.29) is 24.8 Å². The summed E-state index contributed by atoms with van der Waals surface area (Å²) < 4.78 is 0. The molecule has 2 amide bonds. The van der Waals surface area contributed by atoms with Crippen LogP contribution in [0.1, 0.15) is 52.9 Å². The van der Waals surface area contributed by atoms with E-state index in [1.807, 2.05) is 0 Å². The zero-order valence-corrected chi connectivity index (χ0v) is 19.6. The van der Waals surface area contributed by atoms with Crippen molar-refractivity contribution < 1.29 is 19.5 Å². The molecule has 7 heteroatoms. The maximum Gasteiger partial charge on any atom is 0.326 e. The topological polar surface area (TPSA) is 90.0 Å². The van der Waals surface area contributed by atoms with Crippen LogP contribution in [-0.4, -0.2) is 64.9 Å². The molecule has 1 unspecified atom stereocenters. The fourth-order valence-electron chi connectivity index (χ4n) is 4.11. The van der Waals surface area contributed by atoms with E-state index in [0.717, 1.165) is 13.1 Å². The highest BCUT2D eigenvalue weighted by Crippen LogP contribution is 2.24. The van der Waals surface area contributed by atoms with Crippen LogP contribution in [0.15, 0.2) is 48.5 Å². The standard InChI is InChI=1S/C26H33N3O4/c1-18-9-10-22(17-19(18)2)20(3)28-13-15-29(16-14-28)24(30)12-11-23(26(32)33)27-25(31)21-7-5-4-6-8-21/h4-10,17,20,23H,11-16H2,1-3H3,(H,27,31)(H,32,33)/t20?,23-/m0/s1. The number of nitrogens with one attached hydrogen (secondary N) is 1. The molecule has 0 saturated carbocycles. The number of aliphatic carboxylic acids is 1. The molecule has 2 atom stereocenters. The lowest BCUT2D eigenvalue weighted by Gasteiger charge is -2.38. The number of carbonyl (C=O) groups excluding carboxylic acids is 2. The summed E-state index contributed by atoms with van der Waals surface area (Å²) in [4.78, 5) is 40.8. The van der Waals surface area contributed by atoms with Gasteiger partial charge in [-0.3, -0.25) is 14.5 Å². The Morgan fingerprint density at radius 2 is 1.64 bits per heavy atom. The number of carboxylic acid groups (broad SMARTS) is 1. The largest absolute Gasteiger partial charge is 0.480 e. The third kappa shape index (κ3) is 6.42. The van der Waals surface area contributed by atoms with Gasteiger partial charge in [-0.2, -0.15) is 0 Å². The van der Waals surface area contributed by atoms with Crippen molar-refractivity contribution in [1.29, 1.82) is 0 Å². The summed E-state index contributed by atoms with van der Waals surface area (Å²) in [6.07, 6.45) is 0.144. The lowest BCUT2D eigenvalue weighted by atomic mass is 10.0. The Bertz CT molecular complexity index is 984. The van der Waals surface area contributed by atoms with Crippen LogP contribution in [0.5, 0.6) is 0 Å². The van der Waals surface area contributed by atoms with E-state index in [0.29, 0.717) is 18.7 Å². The van der Waals surface area contributed by atoms with Crippen molar-refractivity contribution in [1.82, 2.24) is 15.1 Å². The second kappa shape index (κ2) is 11.1. The molecule has 0 bridgehead atoms. The molecule has 0 radical (unpaired) electrons. The van der Waals surface area contributed by atoms with Crippen molar-refractivity contribution >= 4 is 17.8 Å². The molecule has 1 heterocycles. The summed E-state index contributed by atoms with van der Waals surface area (Å²) in [5.74, 6) is -1.67. The fraction of sp³-hybridized carbons (Fsp3) is 0.423. The molecule has 0 aliphatic carbocycles. The van der Waals surface area contributed by atoms with Gasteiger partial charge in [0.15, 0.2) is 0 Å². The van der Waals surface area contributed by atoms with Crippen molar-refractivity contribution in [2.75, 3.05) is 26.2 Å². The maximum atomic E-state index is 12.7. The highest BCUT2D eigenvalue weighted by molar-refractivity contribution is 5.96. The average Bonchev–Trinajstić information content (AvgIpc) is 2.83. The van der Waals surface area contributed by atoms with E-state index >= 15 is 0 Å². The molecule has 2 N–H and O–H groups in total. The van der Waals surface area contributed by atoms with Crippen molar-refractivity contribution in [2.24, 2.45) is 0 Å². The summed E-state index contributed by atoms with van der Waals surface area (Å²) >= 11 is 0. The predicted molar refractivity (Wildman–Crippen MR) is 127 cm³/mol. The van der Waals surface area contributed by atoms with E-state index in [1.54, 1.807) is 35.2 Å². The molecule has 2 aromatic rings. The number of carboxylic acids is 1. The molecule has 0 aromatic heterocycles. The third-order valence-electron chi connectivity index (χ3n) is 6.51. The van der Waals surface area contributed by atoms with Gasteiger partial charge in [-0.05, 0) is 56.0 Å². The van der Waals surface area contributed by atoms with Crippen LogP contribution < -0.4 is 5.32 Å². The number of hydrogen-bond acceptors (Lipinski definition) is 4. The van der Waals surface area contributed by atoms with Crippen molar-refractivity contribution in [3.8, 4) is 0 Å². The predicted octanol–water partition coefficient (Wildman–Crippen LogP) is 3.17. The van der Waals surface area contributed by atoms with Gasteiger partial charge in [0.2, 0.25) is 5.91 Å². The first-order valence-corrected chi connectivity index (χ1v) is 11.4. The van der Waals surface area contributed by atoms with E-state index < -0.39 is 17.9 Å². The van der Waals surface area contributed by atoms with E-state index in [9.17, 15) is 19.5 Å². The molecule has 33 heavy (non-hydrogen) atoms. The monoisotopic (exact) mass is 451 g/mol. The van der Waals surface area contributed by atoms with Crippen LogP contribution in [0.25, 0.3) is 0 Å². The molecule has 2 aromatic carbocycles. The fourth-order valence-corrected chi connectivity index (χ4v) is 4.11. The number of piperazine rings is 1. The molecule has 1 aliphatic rings. The molecule has 1 fully saturated rings. The van der Waals surface area contributed by atoms with E-state index in [1.165, 1.54) is 16.7 Å². The Balaban J connectivity index is 1.49. The van der Waals surface area contributed by atoms with Gasteiger partial charge < -0.3 is 15.3 Å². The number of carbonyl (C=O) groups is 3. The molecule has 176 valence electrons. The number of nitrogens with zero attached hydrogens (tertiary/aromatic N) is 2. The summed E-state index contributed by atoms with van der Waals surface area (Å²) in [5.41, 5.74) is 4.22. The van der Waals surface area contributed by atoms with Gasteiger partial charge >= 0.3 is 5.97 Å². The first-order chi connectivity index (χ1) is 15.8. The van der Waals surface area contributed by atoms with Gasteiger partial charge in [0.25, 0.3) is 5.91 Å². The van der Waals surface area contributed by atoms with Crippen LogP contribution in [0, 0.1) is 13.8 Å². The Labute approximate surface area is 195 Å². The summed E-state index contributed by atoms with van der Waals surface area (Å²) in [6, 6.07) is 14.2. The Morgan fingerprint density at radius 3 is 2.24 bits per heavy atom. The van der Waals surface area contributed by atoms with Crippen molar-refractivity contribution in [3.05, 3.63) is 70.8 Å². The number of rotatable bonds is 8. The normalized spacial score (nSPS) is 16.2. The molecular formula is C26H33N3O4. The first kappa shape index (κ1) is 24.5. The molecule has 3 rings (SSSR count). The summed E-state index contributed by atoms with van der Waals surface area (Å²) in [6.45, 7) is 9.18. The van der Waals surface area contributed by atoms with Crippen LogP contribution in [0.4, 0.5) is 0 Å². The van der Waals surface area contributed by atoms with Crippen LogP contribution >= 0.6 is 0 Å². The smallest absolute Gasteiger partial charge is 0.326 e. The maximum absolute atomic E-state index is 12.7. The van der Waals surface area contributed by atoms with Crippen LogP contribution in [-0.2, 0) is 9.59 Å². The quantitative estimate of drug-likeness (QED) is 0.644. The van der Waals surface area contributed by atoms with Crippen LogP contribution in [0.3, 0.4) is 0 Å². The van der Waals surface area contributed by atoms with Gasteiger partial charge in [-0.25, -0.2) is 4.79 Å². The third-order valence-corrected chi connectivity index (χ3v) is 6.51. The Hall–Kier alpha value is -3.19. The second-order valence-corrected chi connectivity index (χ2v) is 8.71. The molecule has 7 nitrogen and oxygen atoms in total. The summed E-state index contributed by atoms with van der Waals surface area (Å²) in [5, 5.41) is 12.0. The highest BCUT2D eigenvalue weighted by Gasteiger charge is 2.27. The first-order valence-electron chi connectivity index (χ1n) is 11.4. The average molecular weight is 452 g/mol. The van der Waals surface area contributed by atoms with Gasteiger partial charge in [-0.1, -0.05) is 36.4 Å².